The van der Waals surface area contributed by atoms with Crippen LogP contribution in [-0.2, 0) is 14.5 Å². The van der Waals surface area contributed by atoms with Crippen LogP contribution in [0.4, 0.5) is 0 Å². The molecule has 0 heterocycles. The van der Waals surface area contributed by atoms with Gasteiger partial charge in [-0.05, 0) is 83.9 Å². The Labute approximate surface area is 368 Å². The van der Waals surface area contributed by atoms with Crippen LogP contribution in [0.25, 0.3) is 0 Å². The SMILES string of the molecule is CC.CC.CC.CC.CC.CC.CC(C)(c1ccc(OP(=O)(Oc2ccccc2)Oc2ccccc2)cc1)c1ccc(OP(=O)(Oc2ccccc2)Oc2ccccc2)cc1. The molecule has 0 aliphatic rings. The summed E-state index contributed by atoms with van der Waals surface area (Å²) in [6.07, 6.45) is 0. The van der Waals surface area contributed by atoms with E-state index in [1.165, 1.54) is 0 Å². The van der Waals surface area contributed by atoms with Gasteiger partial charge in [0.25, 0.3) is 0 Å². The second-order valence-corrected chi connectivity index (χ2v) is 14.3. The van der Waals surface area contributed by atoms with Crippen LogP contribution in [0.5, 0.6) is 34.5 Å². The minimum Gasteiger partial charge on any atom is -0.386 e. The zero-order chi connectivity index (χ0) is 46.2. The van der Waals surface area contributed by atoms with Crippen molar-refractivity contribution in [1.29, 1.82) is 0 Å². The van der Waals surface area contributed by atoms with Gasteiger partial charge in [-0.1, -0.05) is 194 Å². The Kier molecular flexibility index (Phi) is 28.7. The standard InChI is InChI=1S/C39H34O8P2.6C2H6/c1-39(2,31-23-27-37(28-24-31)46-48(40,42-33-15-7-3-8-16-33)43-34-17-9-4-10-18-34)32-25-29-38(30-26-32)47-49(41,44-35-19-11-5-12-20-35)45-36-21-13-6-14-22-36;6*1-2/h3-30H,1-2H3;6*1-2H3. The van der Waals surface area contributed by atoms with Gasteiger partial charge in [0, 0.05) is 5.41 Å². The molecule has 0 unspecified atom stereocenters. The Bertz CT molecular complexity index is 1790. The molecule has 0 aliphatic heterocycles. The summed E-state index contributed by atoms with van der Waals surface area (Å²) >= 11 is 0. The Morgan fingerprint density at radius 3 is 0.623 bits per heavy atom. The lowest BCUT2D eigenvalue weighted by atomic mass is 9.78. The normalized spacial score (nSPS) is 9.93. The molecular weight excluding hydrogens is 803 g/mol. The number of hydrogen-bond acceptors (Lipinski definition) is 8. The van der Waals surface area contributed by atoms with Gasteiger partial charge >= 0.3 is 15.6 Å². The van der Waals surface area contributed by atoms with Crippen LogP contribution in [0.2, 0.25) is 0 Å². The first-order valence-corrected chi connectivity index (χ1v) is 24.4. The average Bonchev–Trinajstić information content (AvgIpc) is 3.32. The molecule has 0 N–H and O–H groups in total. The lowest BCUT2D eigenvalue weighted by Gasteiger charge is -2.27. The topological polar surface area (TPSA) is 89.5 Å². The number of phosphoric acid groups is 2. The maximum absolute atomic E-state index is 13.8. The van der Waals surface area contributed by atoms with Crippen molar-refractivity contribution >= 4 is 15.6 Å². The Balaban J connectivity index is 0.00000276. The summed E-state index contributed by atoms with van der Waals surface area (Å²) in [5, 5.41) is 0. The number of para-hydroxylation sites is 4. The van der Waals surface area contributed by atoms with Crippen LogP contribution >= 0.6 is 15.6 Å². The first-order chi connectivity index (χ1) is 29.7. The molecule has 0 fully saturated rings. The molecule has 332 valence electrons. The summed E-state index contributed by atoms with van der Waals surface area (Å²) in [6.45, 7) is 28.1. The molecule has 0 bridgehead atoms. The molecule has 6 aromatic rings. The van der Waals surface area contributed by atoms with Crippen LogP contribution < -0.4 is 27.1 Å². The quantitative estimate of drug-likeness (QED) is 0.100. The van der Waals surface area contributed by atoms with Gasteiger partial charge in [0.15, 0.2) is 0 Å². The smallest absolute Gasteiger partial charge is 0.386 e. The number of rotatable bonds is 14. The molecular formula is C51H70O8P2. The van der Waals surface area contributed by atoms with E-state index < -0.39 is 21.1 Å². The van der Waals surface area contributed by atoms with Gasteiger partial charge in [-0.2, -0.15) is 9.13 Å². The minimum absolute atomic E-state index is 0.311. The maximum atomic E-state index is 13.8. The fraction of sp³-hybridized carbons (Fsp3) is 0.294. The molecule has 6 aromatic carbocycles. The second-order valence-electron chi connectivity index (χ2n) is 11.4. The van der Waals surface area contributed by atoms with Crippen LogP contribution in [-0.4, -0.2) is 0 Å². The van der Waals surface area contributed by atoms with Crippen LogP contribution in [0, 0.1) is 0 Å². The maximum Gasteiger partial charge on any atom is 0.647 e. The Morgan fingerprint density at radius 2 is 0.443 bits per heavy atom. The van der Waals surface area contributed by atoms with Crippen molar-refractivity contribution in [2.24, 2.45) is 0 Å². The average molecular weight is 873 g/mol. The van der Waals surface area contributed by atoms with Crippen molar-refractivity contribution in [3.05, 3.63) is 181 Å². The fourth-order valence-corrected chi connectivity index (χ4v) is 7.35. The number of phosphoric ester groups is 2. The highest BCUT2D eigenvalue weighted by atomic mass is 31.2. The van der Waals surface area contributed by atoms with Gasteiger partial charge in [-0.15, -0.1) is 0 Å². The van der Waals surface area contributed by atoms with E-state index in [-0.39, 0.29) is 0 Å². The van der Waals surface area contributed by atoms with Crippen molar-refractivity contribution < 1.29 is 36.3 Å². The van der Waals surface area contributed by atoms with E-state index in [1.54, 1.807) is 121 Å². The van der Waals surface area contributed by atoms with Crippen molar-refractivity contribution in [2.75, 3.05) is 0 Å². The largest absolute Gasteiger partial charge is 0.647 e. The lowest BCUT2D eigenvalue weighted by Crippen LogP contribution is -2.18. The molecule has 0 spiro atoms. The second kappa shape index (κ2) is 31.5. The molecule has 61 heavy (non-hydrogen) atoms. The summed E-state index contributed by atoms with van der Waals surface area (Å²) in [4.78, 5) is 0. The van der Waals surface area contributed by atoms with Crippen LogP contribution in [0.3, 0.4) is 0 Å². The van der Waals surface area contributed by atoms with Gasteiger partial charge in [0.1, 0.15) is 34.5 Å². The first kappa shape index (κ1) is 55.6. The Morgan fingerprint density at radius 1 is 0.279 bits per heavy atom. The lowest BCUT2D eigenvalue weighted by molar-refractivity contribution is 0.296. The van der Waals surface area contributed by atoms with E-state index in [0.717, 1.165) is 11.1 Å². The zero-order valence-electron chi connectivity index (χ0n) is 38.8. The van der Waals surface area contributed by atoms with Crippen molar-refractivity contribution in [1.82, 2.24) is 0 Å². The molecule has 0 amide bonds. The van der Waals surface area contributed by atoms with Gasteiger partial charge < -0.3 is 27.1 Å². The molecule has 0 aliphatic carbocycles. The van der Waals surface area contributed by atoms with E-state index in [9.17, 15) is 9.13 Å². The fourth-order valence-electron chi connectivity index (χ4n) is 4.84. The van der Waals surface area contributed by atoms with Crippen LogP contribution in [0.1, 0.15) is 108 Å². The third-order valence-corrected chi connectivity index (χ3v) is 10.0. The van der Waals surface area contributed by atoms with E-state index in [2.05, 4.69) is 13.8 Å². The van der Waals surface area contributed by atoms with E-state index in [0.29, 0.717) is 34.5 Å². The van der Waals surface area contributed by atoms with Gasteiger partial charge in [-0.3, -0.25) is 0 Å². The zero-order valence-corrected chi connectivity index (χ0v) is 40.6. The van der Waals surface area contributed by atoms with Crippen molar-refractivity contribution in [3.63, 3.8) is 0 Å². The summed E-state index contributed by atoms with van der Waals surface area (Å²) in [6, 6.07) is 49.4. The summed E-state index contributed by atoms with van der Waals surface area (Å²) in [5.74, 6) is 2.02. The molecule has 8 nitrogen and oxygen atoms in total. The van der Waals surface area contributed by atoms with Crippen molar-refractivity contribution in [3.8, 4) is 34.5 Å². The monoisotopic (exact) mass is 872 g/mol. The van der Waals surface area contributed by atoms with E-state index in [1.807, 2.05) is 132 Å². The highest BCUT2D eigenvalue weighted by molar-refractivity contribution is 7.50. The number of hydrogen-bond donors (Lipinski definition) is 0. The Hall–Kier alpha value is -5.42. The minimum atomic E-state index is -4.12. The van der Waals surface area contributed by atoms with Gasteiger partial charge in [-0.25, -0.2) is 0 Å². The summed E-state index contributed by atoms with van der Waals surface area (Å²) in [7, 11) is -8.25. The van der Waals surface area contributed by atoms with Crippen LogP contribution in [0.15, 0.2) is 170 Å². The van der Waals surface area contributed by atoms with E-state index >= 15 is 0 Å². The van der Waals surface area contributed by atoms with Gasteiger partial charge in [0.05, 0.1) is 0 Å². The molecule has 0 saturated carbocycles. The van der Waals surface area contributed by atoms with Gasteiger partial charge in [0.2, 0.25) is 0 Å². The third kappa shape index (κ3) is 19.2. The first-order valence-electron chi connectivity index (χ1n) is 21.5. The highest BCUT2D eigenvalue weighted by Gasteiger charge is 2.35. The molecule has 0 radical (unpaired) electrons. The third-order valence-electron chi connectivity index (χ3n) is 7.43. The number of benzene rings is 6. The predicted molar refractivity (Wildman–Crippen MR) is 258 cm³/mol. The molecule has 0 atom stereocenters. The molecule has 0 saturated heterocycles. The molecule has 10 heteroatoms. The summed E-state index contributed by atoms with van der Waals surface area (Å²) < 4.78 is 62.4. The highest BCUT2D eigenvalue weighted by Crippen LogP contribution is 2.51. The van der Waals surface area contributed by atoms with E-state index in [4.69, 9.17) is 27.1 Å². The summed E-state index contributed by atoms with van der Waals surface area (Å²) in [5.41, 5.74) is 1.45. The molecule has 0 aromatic heterocycles. The molecule has 6 rings (SSSR count). The van der Waals surface area contributed by atoms with Crippen molar-refractivity contribution in [2.45, 2.75) is 102 Å². The predicted octanol–water partition coefficient (Wildman–Crippen LogP) is 17.5.